The van der Waals surface area contributed by atoms with Crippen molar-refractivity contribution in [2.45, 2.75) is 13.8 Å². The van der Waals surface area contributed by atoms with E-state index in [4.69, 9.17) is 5.73 Å². The SMILES string of the molecule is Cc1cccc(-c2c(O)cc(C)c(C(N)=O)c2O)c1. The third-order valence-corrected chi connectivity index (χ3v) is 3.03. The topological polar surface area (TPSA) is 83.5 Å². The van der Waals surface area contributed by atoms with E-state index in [0.29, 0.717) is 11.1 Å². The third kappa shape index (κ3) is 2.25. The van der Waals surface area contributed by atoms with Crippen LogP contribution in [0.2, 0.25) is 0 Å². The minimum absolute atomic E-state index is 0.0364. The fourth-order valence-electron chi connectivity index (χ4n) is 2.18. The zero-order valence-electron chi connectivity index (χ0n) is 10.8. The summed E-state index contributed by atoms with van der Waals surface area (Å²) < 4.78 is 0. The first-order valence-corrected chi connectivity index (χ1v) is 5.84. The number of benzene rings is 2. The fourth-order valence-corrected chi connectivity index (χ4v) is 2.18. The highest BCUT2D eigenvalue weighted by atomic mass is 16.3. The monoisotopic (exact) mass is 257 g/mol. The standard InChI is InChI=1S/C15H15NO3/c1-8-4-3-5-10(6-8)13-11(17)7-9(2)12(14(13)18)15(16)19/h3-7,17-18H,1-2H3,(H2,16,19). The van der Waals surface area contributed by atoms with Crippen LogP contribution in [0.1, 0.15) is 21.5 Å². The van der Waals surface area contributed by atoms with Gasteiger partial charge >= 0.3 is 0 Å². The normalized spacial score (nSPS) is 10.4. The first-order chi connectivity index (χ1) is 8.91. The van der Waals surface area contributed by atoms with E-state index in [9.17, 15) is 15.0 Å². The van der Waals surface area contributed by atoms with E-state index in [1.54, 1.807) is 13.0 Å². The van der Waals surface area contributed by atoms with E-state index in [-0.39, 0.29) is 22.6 Å². The highest BCUT2D eigenvalue weighted by Crippen LogP contribution is 2.41. The number of rotatable bonds is 2. The molecule has 4 nitrogen and oxygen atoms in total. The molecule has 0 aliphatic rings. The molecule has 0 aliphatic carbocycles. The number of carbonyl (C=O) groups is 1. The van der Waals surface area contributed by atoms with Crippen molar-refractivity contribution in [1.29, 1.82) is 0 Å². The molecule has 4 N–H and O–H groups in total. The fraction of sp³-hybridized carbons (Fsp3) is 0.133. The van der Waals surface area contributed by atoms with Crippen molar-refractivity contribution in [3.05, 3.63) is 47.0 Å². The summed E-state index contributed by atoms with van der Waals surface area (Å²) in [4.78, 5) is 11.4. The van der Waals surface area contributed by atoms with Gasteiger partial charge in [-0.05, 0) is 31.0 Å². The van der Waals surface area contributed by atoms with Crippen LogP contribution in [0.4, 0.5) is 0 Å². The van der Waals surface area contributed by atoms with Gasteiger partial charge in [-0.1, -0.05) is 29.8 Å². The average Bonchev–Trinajstić information content (AvgIpc) is 2.27. The number of phenols is 2. The maximum Gasteiger partial charge on any atom is 0.252 e. The number of hydrogen-bond donors (Lipinski definition) is 3. The van der Waals surface area contributed by atoms with Crippen LogP contribution in [-0.4, -0.2) is 16.1 Å². The molecule has 2 rings (SSSR count). The van der Waals surface area contributed by atoms with Crippen molar-refractivity contribution in [3.63, 3.8) is 0 Å². The molecule has 0 fully saturated rings. The minimum atomic E-state index is -0.719. The van der Waals surface area contributed by atoms with Gasteiger partial charge in [0.2, 0.25) is 0 Å². The maximum atomic E-state index is 11.4. The molecular formula is C15H15NO3. The van der Waals surface area contributed by atoms with Gasteiger partial charge in [-0.3, -0.25) is 4.79 Å². The summed E-state index contributed by atoms with van der Waals surface area (Å²) in [5.74, 6) is -1.08. The Hall–Kier alpha value is -2.49. The van der Waals surface area contributed by atoms with Crippen molar-refractivity contribution in [2.24, 2.45) is 5.73 Å². The number of carbonyl (C=O) groups excluding carboxylic acids is 1. The molecule has 0 bridgehead atoms. The summed E-state index contributed by atoms with van der Waals surface area (Å²) in [6.07, 6.45) is 0. The molecule has 2 aromatic rings. The second-order valence-corrected chi connectivity index (χ2v) is 4.54. The summed E-state index contributed by atoms with van der Waals surface area (Å²) in [5, 5.41) is 20.2. The van der Waals surface area contributed by atoms with Crippen LogP contribution in [0.5, 0.6) is 11.5 Å². The Morgan fingerprint density at radius 1 is 1.16 bits per heavy atom. The van der Waals surface area contributed by atoms with Crippen molar-refractivity contribution >= 4 is 5.91 Å². The van der Waals surface area contributed by atoms with Crippen LogP contribution in [0.3, 0.4) is 0 Å². The van der Waals surface area contributed by atoms with Gasteiger partial charge in [-0.2, -0.15) is 0 Å². The van der Waals surface area contributed by atoms with Gasteiger partial charge in [-0.25, -0.2) is 0 Å². The van der Waals surface area contributed by atoms with E-state index >= 15 is 0 Å². The van der Waals surface area contributed by atoms with Crippen molar-refractivity contribution in [3.8, 4) is 22.6 Å². The van der Waals surface area contributed by atoms with Crippen LogP contribution in [0, 0.1) is 13.8 Å². The molecular weight excluding hydrogens is 242 g/mol. The highest BCUT2D eigenvalue weighted by Gasteiger charge is 2.20. The number of primary amides is 1. The maximum absolute atomic E-state index is 11.4. The smallest absolute Gasteiger partial charge is 0.252 e. The highest BCUT2D eigenvalue weighted by molar-refractivity contribution is 6.00. The van der Waals surface area contributed by atoms with Gasteiger partial charge in [-0.15, -0.1) is 0 Å². The van der Waals surface area contributed by atoms with Crippen molar-refractivity contribution < 1.29 is 15.0 Å². The molecule has 0 saturated heterocycles. The zero-order chi connectivity index (χ0) is 14.2. The molecule has 0 spiro atoms. The second-order valence-electron chi connectivity index (χ2n) is 4.54. The number of phenolic OH excluding ortho intramolecular Hbond substituents is 1. The molecule has 0 saturated carbocycles. The first-order valence-electron chi connectivity index (χ1n) is 5.84. The van der Waals surface area contributed by atoms with Gasteiger partial charge < -0.3 is 15.9 Å². The summed E-state index contributed by atoms with van der Waals surface area (Å²) >= 11 is 0. The van der Waals surface area contributed by atoms with Gasteiger partial charge in [0, 0.05) is 0 Å². The van der Waals surface area contributed by atoms with Gasteiger partial charge in [0.05, 0.1) is 11.1 Å². The van der Waals surface area contributed by atoms with Crippen molar-refractivity contribution in [1.82, 2.24) is 0 Å². The number of aryl methyl sites for hydroxylation is 2. The van der Waals surface area contributed by atoms with Crippen LogP contribution in [0.25, 0.3) is 11.1 Å². The van der Waals surface area contributed by atoms with Crippen LogP contribution >= 0.6 is 0 Å². The molecule has 4 heteroatoms. The zero-order valence-corrected chi connectivity index (χ0v) is 10.8. The Balaban J connectivity index is 2.77. The predicted octanol–water partition coefficient (Wildman–Crippen LogP) is 2.48. The lowest BCUT2D eigenvalue weighted by Gasteiger charge is -2.13. The third-order valence-electron chi connectivity index (χ3n) is 3.03. The van der Waals surface area contributed by atoms with Crippen LogP contribution in [0.15, 0.2) is 30.3 Å². The van der Waals surface area contributed by atoms with E-state index < -0.39 is 5.91 Å². The summed E-state index contributed by atoms with van der Waals surface area (Å²) in [7, 11) is 0. The molecule has 0 aromatic heterocycles. The van der Waals surface area contributed by atoms with Crippen LogP contribution < -0.4 is 5.73 Å². The van der Waals surface area contributed by atoms with Crippen molar-refractivity contribution in [2.75, 3.05) is 0 Å². The Kier molecular flexibility index (Phi) is 3.17. The molecule has 0 atom stereocenters. The van der Waals surface area contributed by atoms with Gasteiger partial charge in [0.15, 0.2) is 0 Å². The van der Waals surface area contributed by atoms with E-state index in [1.165, 1.54) is 6.07 Å². The summed E-state index contributed by atoms with van der Waals surface area (Å²) in [6.45, 7) is 3.51. The molecule has 19 heavy (non-hydrogen) atoms. The number of nitrogens with two attached hydrogens (primary N) is 1. The number of hydrogen-bond acceptors (Lipinski definition) is 3. The minimum Gasteiger partial charge on any atom is -0.507 e. The Labute approximate surface area is 111 Å². The van der Waals surface area contributed by atoms with E-state index in [2.05, 4.69) is 0 Å². The lowest BCUT2D eigenvalue weighted by molar-refractivity contribution is 0.0997. The lowest BCUT2D eigenvalue weighted by atomic mass is 9.95. The molecule has 98 valence electrons. The first kappa shape index (κ1) is 13.0. The van der Waals surface area contributed by atoms with Crippen LogP contribution in [-0.2, 0) is 0 Å². The summed E-state index contributed by atoms with van der Waals surface area (Å²) in [6, 6.07) is 8.71. The lowest BCUT2D eigenvalue weighted by Crippen LogP contribution is -2.13. The average molecular weight is 257 g/mol. The molecule has 0 radical (unpaired) electrons. The van der Waals surface area contributed by atoms with Gasteiger partial charge in [0.25, 0.3) is 5.91 Å². The summed E-state index contributed by atoms with van der Waals surface area (Å²) in [5.41, 5.74) is 7.59. The Bertz CT molecular complexity index is 663. The van der Waals surface area contributed by atoms with E-state index in [0.717, 1.165) is 5.56 Å². The largest absolute Gasteiger partial charge is 0.507 e. The Morgan fingerprint density at radius 3 is 2.42 bits per heavy atom. The molecule has 2 aromatic carbocycles. The predicted molar refractivity (Wildman–Crippen MR) is 73.2 cm³/mol. The van der Waals surface area contributed by atoms with Gasteiger partial charge in [0.1, 0.15) is 11.5 Å². The molecule has 0 heterocycles. The number of amides is 1. The molecule has 1 amide bonds. The molecule has 0 unspecified atom stereocenters. The Morgan fingerprint density at radius 2 is 1.84 bits per heavy atom. The van der Waals surface area contributed by atoms with E-state index in [1.807, 2.05) is 25.1 Å². The number of aromatic hydroxyl groups is 2. The quantitative estimate of drug-likeness (QED) is 0.772. The second kappa shape index (κ2) is 4.65. The molecule has 0 aliphatic heterocycles.